The van der Waals surface area contributed by atoms with Crippen molar-refractivity contribution in [3.63, 3.8) is 0 Å². The molecule has 5 rings (SSSR count). The van der Waals surface area contributed by atoms with Gasteiger partial charge in [0.2, 0.25) is 11.9 Å². The van der Waals surface area contributed by atoms with Crippen LogP contribution in [0.2, 0.25) is 5.02 Å². The van der Waals surface area contributed by atoms with Crippen molar-refractivity contribution in [2.75, 3.05) is 10.2 Å². The fourth-order valence-corrected chi connectivity index (χ4v) is 4.04. The number of aromatic nitrogens is 3. The van der Waals surface area contributed by atoms with Crippen LogP contribution in [-0.4, -0.2) is 26.3 Å². The Morgan fingerprint density at radius 3 is 2.68 bits per heavy atom. The highest BCUT2D eigenvalue weighted by Crippen LogP contribution is 2.37. The number of carbonyl (C=O) groups is 2. The van der Waals surface area contributed by atoms with Gasteiger partial charge in [-0.3, -0.25) is 24.0 Å². The highest BCUT2D eigenvalue weighted by molar-refractivity contribution is 6.33. The molecule has 2 aromatic carbocycles. The number of carbonyl (C=O) groups excluding carboxylic acids is 2. The molecule has 1 unspecified atom stereocenters. The number of imidazole rings is 1. The first-order valence-electron chi connectivity index (χ1n) is 9.83. The molecule has 1 aliphatic heterocycles. The molecule has 2 aromatic heterocycles. The Morgan fingerprint density at radius 2 is 1.87 bits per heavy atom. The van der Waals surface area contributed by atoms with Crippen molar-refractivity contribution in [1.29, 1.82) is 0 Å². The number of hydrogen-bond acceptors (Lipinski definition) is 4. The minimum atomic E-state index is -0.693. The maximum Gasteiger partial charge on any atom is 0.253 e. The van der Waals surface area contributed by atoms with Gasteiger partial charge < -0.3 is 5.32 Å². The number of benzene rings is 2. The number of amides is 2. The van der Waals surface area contributed by atoms with Gasteiger partial charge in [0.15, 0.2) is 0 Å². The Bertz CT molecular complexity index is 1290. The topological polar surface area (TPSA) is 80.1 Å². The second kappa shape index (κ2) is 7.85. The monoisotopic (exact) mass is 431 g/mol. The molecule has 1 N–H and O–H groups in total. The Kier molecular flexibility index (Phi) is 4.88. The summed E-state index contributed by atoms with van der Waals surface area (Å²) in [5.41, 5.74) is 2.99. The molecule has 0 radical (unpaired) electrons. The minimum Gasteiger partial charge on any atom is -0.325 e. The molecule has 0 spiro atoms. The van der Waals surface area contributed by atoms with Gasteiger partial charge in [0, 0.05) is 12.4 Å². The van der Waals surface area contributed by atoms with Gasteiger partial charge in [-0.15, -0.1) is 0 Å². The summed E-state index contributed by atoms with van der Waals surface area (Å²) in [4.78, 5) is 36.6. The molecule has 7 nitrogen and oxygen atoms in total. The Morgan fingerprint density at radius 1 is 1.06 bits per heavy atom. The predicted molar refractivity (Wildman–Crippen MR) is 119 cm³/mol. The van der Waals surface area contributed by atoms with Crippen molar-refractivity contribution in [3.05, 3.63) is 83.6 Å². The number of nitrogens with one attached hydrogen (secondary N) is 1. The molecular formula is C23H18ClN5O2. The first kappa shape index (κ1) is 19.3. The van der Waals surface area contributed by atoms with Gasteiger partial charge in [0.25, 0.3) is 5.91 Å². The van der Waals surface area contributed by atoms with E-state index in [2.05, 4.69) is 15.3 Å². The van der Waals surface area contributed by atoms with E-state index in [0.29, 0.717) is 23.2 Å². The molecule has 0 bridgehead atoms. The summed E-state index contributed by atoms with van der Waals surface area (Å²) in [7, 11) is 0. The minimum absolute atomic E-state index is 0.0268. The lowest BCUT2D eigenvalue weighted by Gasteiger charge is -2.16. The lowest BCUT2D eigenvalue weighted by atomic mass is 10.1. The van der Waals surface area contributed by atoms with Crippen LogP contribution in [0.5, 0.6) is 0 Å². The van der Waals surface area contributed by atoms with Gasteiger partial charge in [0.1, 0.15) is 6.04 Å². The zero-order valence-corrected chi connectivity index (χ0v) is 17.2. The van der Waals surface area contributed by atoms with Crippen LogP contribution in [-0.2, 0) is 16.1 Å². The van der Waals surface area contributed by atoms with E-state index >= 15 is 0 Å². The average Bonchev–Trinajstić information content (AvgIpc) is 3.27. The SMILES string of the molecule is O=C(CC1C(=O)N(Cc2cccnc2)c2nc3ccccc3n21)Nc1ccccc1Cl. The number of para-hydroxylation sites is 3. The number of anilines is 2. The fourth-order valence-electron chi connectivity index (χ4n) is 3.86. The third kappa shape index (κ3) is 3.53. The summed E-state index contributed by atoms with van der Waals surface area (Å²) in [5.74, 6) is 0.0652. The van der Waals surface area contributed by atoms with Gasteiger partial charge in [-0.1, -0.05) is 41.9 Å². The van der Waals surface area contributed by atoms with Crippen molar-refractivity contribution in [3.8, 4) is 0 Å². The summed E-state index contributed by atoms with van der Waals surface area (Å²) < 4.78 is 1.85. The molecular weight excluding hydrogens is 414 g/mol. The van der Waals surface area contributed by atoms with Crippen LogP contribution in [0.4, 0.5) is 11.6 Å². The second-order valence-corrected chi connectivity index (χ2v) is 7.71. The molecule has 0 saturated heterocycles. The first-order valence-corrected chi connectivity index (χ1v) is 10.2. The van der Waals surface area contributed by atoms with E-state index in [1.54, 1.807) is 41.6 Å². The van der Waals surface area contributed by atoms with E-state index in [-0.39, 0.29) is 18.2 Å². The van der Waals surface area contributed by atoms with Crippen LogP contribution < -0.4 is 10.2 Å². The quantitative estimate of drug-likeness (QED) is 0.513. The highest BCUT2D eigenvalue weighted by Gasteiger charge is 2.40. The molecule has 154 valence electrons. The number of nitrogens with zero attached hydrogens (tertiary/aromatic N) is 4. The molecule has 0 aliphatic carbocycles. The zero-order chi connectivity index (χ0) is 21.4. The van der Waals surface area contributed by atoms with Crippen molar-refractivity contribution in [2.24, 2.45) is 0 Å². The van der Waals surface area contributed by atoms with E-state index < -0.39 is 6.04 Å². The van der Waals surface area contributed by atoms with Crippen molar-refractivity contribution >= 4 is 46.1 Å². The standard InChI is InChI=1S/C23H18ClN5O2/c24-16-7-1-2-8-17(16)26-21(30)12-20-22(31)28(14-15-6-5-11-25-13-15)23-27-18-9-3-4-10-19(18)29(20)23/h1-11,13,20H,12,14H2,(H,26,30). The third-order valence-electron chi connectivity index (χ3n) is 5.27. The lowest BCUT2D eigenvalue weighted by molar-refractivity contribution is -0.124. The largest absolute Gasteiger partial charge is 0.325 e. The van der Waals surface area contributed by atoms with Crippen LogP contribution >= 0.6 is 11.6 Å². The summed E-state index contributed by atoms with van der Waals surface area (Å²) in [5, 5.41) is 3.25. The van der Waals surface area contributed by atoms with Crippen LogP contribution in [0, 0.1) is 0 Å². The molecule has 1 atom stereocenters. The third-order valence-corrected chi connectivity index (χ3v) is 5.60. The van der Waals surface area contributed by atoms with Crippen molar-refractivity contribution < 1.29 is 9.59 Å². The molecule has 4 aromatic rings. The smallest absolute Gasteiger partial charge is 0.253 e. The van der Waals surface area contributed by atoms with E-state index in [4.69, 9.17) is 11.6 Å². The summed E-state index contributed by atoms with van der Waals surface area (Å²) in [6.45, 7) is 0.332. The van der Waals surface area contributed by atoms with Gasteiger partial charge in [0.05, 0.1) is 34.7 Å². The second-order valence-electron chi connectivity index (χ2n) is 7.30. The number of pyridine rings is 1. The van der Waals surface area contributed by atoms with E-state index in [0.717, 1.165) is 16.6 Å². The fraction of sp³-hybridized carbons (Fsp3) is 0.130. The molecule has 0 saturated carbocycles. The lowest BCUT2D eigenvalue weighted by Crippen LogP contribution is -2.31. The highest BCUT2D eigenvalue weighted by atomic mass is 35.5. The molecule has 0 fully saturated rings. The molecule has 1 aliphatic rings. The number of rotatable bonds is 5. The maximum atomic E-state index is 13.4. The normalized spacial score (nSPS) is 15.3. The number of hydrogen-bond donors (Lipinski definition) is 1. The molecule has 31 heavy (non-hydrogen) atoms. The van der Waals surface area contributed by atoms with Crippen LogP contribution in [0.1, 0.15) is 18.0 Å². The zero-order valence-electron chi connectivity index (χ0n) is 16.4. The molecule has 8 heteroatoms. The maximum absolute atomic E-state index is 13.4. The van der Waals surface area contributed by atoms with E-state index in [1.165, 1.54) is 0 Å². The number of fused-ring (bicyclic) bond motifs is 3. The van der Waals surface area contributed by atoms with Crippen molar-refractivity contribution in [1.82, 2.24) is 14.5 Å². The molecule has 2 amide bonds. The van der Waals surface area contributed by atoms with Gasteiger partial charge in [-0.05, 0) is 35.9 Å². The van der Waals surface area contributed by atoms with E-state index in [1.807, 2.05) is 41.0 Å². The summed E-state index contributed by atoms with van der Waals surface area (Å²) >= 11 is 6.16. The van der Waals surface area contributed by atoms with Crippen LogP contribution in [0.15, 0.2) is 73.1 Å². The van der Waals surface area contributed by atoms with Gasteiger partial charge in [-0.2, -0.15) is 0 Å². The summed E-state index contributed by atoms with van der Waals surface area (Å²) in [6.07, 6.45) is 3.38. The Balaban J connectivity index is 1.48. The van der Waals surface area contributed by atoms with Gasteiger partial charge in [-0.25, -0.2) is 4.98 Å². The van der Waals surface area contributed by atoms with Crippen LogP contribution in [0.3, 0.4) is 0 Å². The average molecular weight is 432 g/mol. The predicted octanol–water partition coefficient (Wildman–Crippen LogP) is 4.20. The summed E-state index contributed by atoms with van der Waals surface area (Å²) in [6, 6.07) is 17.7. The molecule has 3 heterocycles. The van der Waals surface area contributed by atoms with Crippen LogP contribution in [0.25, 0.3) is 11.0 Å². The van der Waals surface area contributed by atoms with Gasteiger partial charge >= 0.3 is 0 Å². The van der Waals surface area contributed by atoms with E-state index in [9.17, 15) is 9.59 Å². The Labute approximate surface area is 183 Å². The first-order chi connectivity index (χ1) is 15.1. The Hall–Kier alpha value is -3.71. The van der Waals surface area contributed by atoms with Crippen molar-refractivity contribution in [2.45, 2.75) is 19.0 Å². The number of halogens is 1.